The molecule has 2 bridgehead atoms. The van der Waals surface area contributed by atoms with Crippen molar-refractivity contribution in [1.29, 1.82) is 0 Å². The van der Waals surface area contributed by atoms with Crippen LogP contribution in [-0.4, -0.2) is 89.8 Å². The smallest absolute Gasteiger partial charge is 0.305 e. The Labute approximate surface area is 354 Å². The van der Waals surface area contributed by atoms with Crippen molar-refractivity contribution in [3.8, 4) is 86.2 Å². The maximum atomic E-state index is 12.5. The molecule has 4 aliphatic heterocycles. The normalized spacial score (nSPS) is 25.2. The minimum absolute atomic E-state index is 0.0325. The number of rotatable bonds is 4. The highest BCUT2D eigenvalue weighted by Gasteiger charge is 2.61. The van der Waals surface area contributed by atoms with E-state index in [2.05, 4.69) is 0 Å². The number of aliphatic hydroxyl groups excluding tert-OH is 3. The predicted molar refractivity (Wildman–Crippen MR) is 212 cm³/mol. The molecule has 10 rings (SSSR count). The molecule has 63 heavy (non-hydrogen) atoms. The monoisotopic (exact) mass is 864 g/mol. The van der Waals surface area contributed by atoms with Crippen LogP contribution in [0.3, 0.4) is 0 Å². The summed E-state index contributed by atoms with van der Waals surface area (Å²) in [5.41, 5.74) is -0.583. The van der Waals surface area contributed by atoms with Crippen LogP contribution in [0.1, 0.15) is 68.6 Å². The molecule has 5 unspecified atom stereocenters. The van der Waals surface area contributed by atoms with E-state index in [0.717, 1.165) is 60.7 Å². The Balaban J connectivity index is 1.25. The zero-order valence-corrected chi connectivity index (χ0v) is 32.1. The molecule has 0 saturated heterocycles. The van der Waals surface area contributed by atoms with Crippen molar-refractivity contribution in [2.75, 3.05) is 0 Å². The number of phenolic OH excluding ortho intramolecular Hbond substituents is 11. The van der Waals surface area contributed by atoms with Gasteiger partial charge in [-0.3, -0.25) is 0 Å². The van der Waals surface area contributed by atoms with Gasteiger partial charge in [0.25, 0.3) is 0 Å². The average molecular weight is 865 g/mol. The van der Waals surface area contributed by atoms with Crippen LogP contribution in [0, 0.1) is 0 Å². The van der Waals surface area contributed by atoms with Gasteiger partial charge in [0.1, 0.15) is 70.1 Å². The molecule has 14 N–H and O–H groups in total. The van der Waals surface area contributed by atoms with Gasteiger partial charge in [-0.2, -0.15) is 0 Å². The lowest BCUT2D eigenvalue weighted by atomic mass is 9.71. The first-order chi connectivity index (χ1) is 30.0. The largest absolute Gasteiger partial charge is 0.508 e. The summed E-state index contributed by atoms with van der Waals surface area (Å²) in [5, 5.41) is 155. The summed E-state index contributed by atoms with van der Waals surface area (Å²) >= 11 is 0. The van der Waals surface area contributed by atoms with Crippen LogP contribution in [0.15, 0.2) is 78.9 Å². The van der Waals surface area contributed by atoms with Crippen LogP contribution in [0.4, 0.5) is 0 Å². The second kappa shape index (κ2) is 13.6. The molecule has 4 aliphatic rings. The van der Waals surface area contributed by atoms with Crippen molar-refractivity contribution in [2.45, 2.75) is 54.6 Å². The quantitative estimate of drug-likeness (QED) is 0.110. The summed E-state index contributed by atoms with van der Waals surface area (Å²) in [6.07, 6.45) is -8.29. The van der Waals surface area contributed by atoms with Crippen LogP contribution < -0.4 is 18.9 Å². The molecule has 6 aromatic rings. The van der Waals surface area contributed by atoms with Gasteiger partial charge < -0.3 is 90.4 Å². The summed E-state index contributed by atoms with van der Waals surface area (Å²) in [6, 6.07) is 14.8. The number of aromatic hydroxyl groups is 11. The van der Waals surface area contributed by atoms with Gasteiger partial charge in [0, 0.05) is 64.1 Å². The zero-order valence-electron chi connectivity index (χ0n) is 32.1. The molecule has 0 saturated carbocycles. The molecule has 18 heteroatoms. The third-order valence-electron chi connectivity index (χ3n) is 12.2. The van der Waals surface area contributed by atoms with Crippen LogP contribution >= 0.6 is 0 Å². The lowest BCUT2D eigenvalue weighted by Crippen LogP contribution is -2.57. The van der Waals surface area contributed by atoms with Gasteiger partial charge in [-0.15, -0.1) is 0 Å². The van der Waals surface area contributed by atoms with Crippen molar-refractivity contribution in [3.05, 3.63) is 123 Å². The van der Waals surface area contributed by atoms with Crippen LogP contribution in [0.25, 0.3) is 0 Å². The van der Waals surface area contributed by atoms with Crippen molar-refractivity contribution in [1.82, 2.24) is 0 Å². The maximum absolute atomic E-state index is 12.5. The molecule has 0 spiro atoms. The summed E-state index contributed by atoms with van der Waals surface area (Å²) < 4.78 is 25.6. The molecule has 4 heterocycles. The Bertz CT molecular complexity index is 2910. The van der Waals surface area contributed by atoms with E-state index in [4.69, 9.17) is 18.9 Å². The highest BCUT2D eigenvalue weighted by Crippen LogP contribution is 2.65. The Kier molecular flexibility index (Phi) is 8.49. The fourth-order valence-electron chi connectivity index (χ4n) is 9.32. The number of fused-ring (bicyclic) bond motifs is 9. The van der Waals surface area contributed by atoms with Crippen molar-refractivity contribution < 1.29 is 90.4 Å². The molecule has 0 aromatic heterocycles. The maximum Gasteiger partial charge on any atom is 0.305 e. The van der Waals surface area contributed by atoms with E-state index in [1.807, 2.05) is 0 Å². The lowest BCUT2D eigenvalue weighted by molar-refractivity contribution is -0.219. The first-order valence-electron chi connectivity index (χ1n) is 19.3. The molecular formula is C45H36O18. The van der Waals surface area contributed by atoms with Gasteiger partial charge in [-0.05, 0) is 53.6 Å². The Hall–Kier alpha value is -7.80. The number of aliphatic hydroxyl groups is 3. The van der Waals surface area contributed by atoms with Crippen LogP contribution in [0.2, 0.25) is 0 Å². The molecule has 0 aliphatic carbocycles. The van der Waals surface area contributed by atoms with E-state index in [9.17, 15) is 71.5 Å². The van der Waals surface area contributed by atoms with E-state index in [1.54, 1.807) is 0 Å². The minimum Gasteiger partial charge on any atom is -0.508 e. The van der Waals surface area contributed by atoms with Crippen LogP contribution in [-0.2, 0) is 12.2 Å². The summed E-state index contributed by atoms with van der Waals surface area (Å²) in [4.78, 5) is 0. The van der Waals surface area contributed by atoms with E-state index in [0.29, 0.717) is 0 Å². The first kappa shape index (κ1) is 39.3. The van der Waals surface area contributed by atoms with Crippen molar-refractivity contribution in [3.63, 3.8) is 0 Å². The average Bonchev–Trinajstić information content (AvgIpc) is 3.22. The summed E-state index contributed by atoms with van der Waals surface area (Å²) in [5.74, 6) is -12.6. The van der Waals surface area contributed by atoms with Crippen LogP contribution in [0.5, 0.6) is 86.2 Å². The number of benzene rings is 6. The number of hydrogen-bond acceptors (Lipinski definition) is 18. The summed E-state index contributed by atoms with van der Waals surface area (Å²) in [7, 11) is 0. The van der Waals surface area contributed by atoms with Gasteiger partial charge in [0.2, 0.25) is 0 Å². The van der Waals surface area contributed by atoms with E-state index in [1.165, 1.54) is 18.2 Å². The Morgan fingerprint density at radius 3 is 1.62 bits per heavy atom. The summed E-state index contributed by atoms with van der Waals surface area (Å²) in [6.45, 7) is 0. The second-order valence-electron chi connectivity index (χ2n) is 15.9. The molecular weight excluding hydrogens is 828 g/mol. The third kappa shape index (κ3) is 5.68. The molecule has 0 radical (unpaired) electrons. The van der Waals surface area contributed by atoms with Gasteiger partial charge in [0.15, 0.2) is 40.6 Å². The molecule has 6 aromatic carbocycles. The zero-order chi connectivity index (χ0) is 44.5. The SMILES string of the molecule is Oc1cc(O)c2c(c1)O[C@@]1(c3ccc(O)c(O)c3)Oc3cc(O)c4c(c3C2C1O)O[C@H](c1ccc(O)c(O)c1)C(O)C4c1c(O)cc(O)c2c1O[C@H](c1ccc(O)c(O)c1)C(O)C2. The molecule has 18 nitrogen and oxygen atoms in total. The fraction of sp³-hybridized carbons (Fsp3) is 0.200. The minimum atomic E-state index is -2.31. The Morgan fingerprint density at radius 1 is 0.444 bits per heavy atom. The first-order valence-corrected chi connectivity index (χ1v) is 19.3. The van der Waals surface area contributed by atoms with E-state index < -0.39 is 111 Å². The molecule has 8 atom stereocenters. The van der Waals surface area contributed by atoms with Crippen molar-refractivity contribution >= 4 is 0 Å². The van der Waals surface area contributed by atoms with E-state index >= 15 is 0 Å². The molecule has 324 valence electrons. The predicted octanol–water partition coefficient (Wildman–Crippen LogP) is 4.24. The van der Waals surface area contributed by atoms with Gasteiger partial charge in [0.05, 0.1) is 17.9 Å². The highest BCUT2D eigenvalue weighted by atomic mass is 16.7. The number of phenols is 11. The standard InChI is InChI=1S/C45H36O18/c46-18-10-27(54)33-31(11-18)62-45(17-3-6-22(49)26(53)9-17)44(59)38(33)36-32(63-45)14-29(56)35-37(39(58)41(61-43(35)36)16-2-5-21(48)25(52)8-16)34-28(55)13-23(50)19-12-30(57)40(60-42(19)34)15-1-4-20(47)24(51)7-15/h1-11,13-14,30,37-41,44,46-59H,12H2/t30?,37?,38?,39?,40-,41-,44?,45+/m1/s1. The van der Waals surface area contributed by atoms with Gasteiger partial charge >= 0.3 is 5.79 Å². The van der Waals surface area contributed by atoms with E-state index in [-0.39, 0.29) is 73.9 Å². The highest BCUT2D eigenvalue weighted by molar-refractivity contribution is 5.72. The molecule has 0 fully saturated rings. The Morgan fingerprint density at radius 2 is 0.984 bits per heavy atom. The molecule has 0 amide bonds. The number of hydrogen-bond donors (Lipinski definition) is 14. The topological polar surface area (TPSA) is 320 Å². The van der Waals surface area contributed by atoms with Gasteiger partial charge in [-0.25, -0.2) is 0 Å². The fourth-order valence-corrected chi connectivity index (χ4v) is 9.32. The second-order valence-corrected chi connectivity index (χ2v) is 15.9. The lowest BCUT2D eigenvalue weighted by Gasteiger charge is -2.51. The van der Waals surface area contributed by atoms with Crippen molar-refractivity contribution in [2.24, 2.45) is 0 Å². The third-order valence-corrected chi connectivity index (χ3v) is 12.2. The number of ether oxygens (including phenoxy) is 4. The van der Waals surface area contributed by atoms with Gasteiger partial charge in [-0.1, -0.05) is 12.1 Å².